The number of carbonyl (C=O) groups is 1. The van der Waals surface area contributed by atoms with Crippen LogP contribution in [0.3, 0.4) is 0 Å². The SMILES string of the molecule is COc1cnc(-c2nc(C3CCCCC3C(=O)NC3(C#N)CC3)c(-c3ccc(N4CCS(=O)(=O)CC4)cc3)s2)c(F)c1. The van der Waals surface area contributed by atoms with Crippen molar-refractivity contribution in [2.75, 3.05) is 36.6 Å². The minimum atomic E-state index is -2.99. The second-order valence-corrected chi connectivity index (χ2v) is 14.6. The van der Waals surface area contributed by atoms with Crippen molar-refractivity contribution in [2.45, 2.75) is 50.0 Å². The molecule has 3 aliphatic rings. The Bertz CT molecular complexity index is 1630. The number of ether oxygens (including phenoxy) is 1. The number of thiazole rings is 1. The summed E-state index contributed by atoms with van der Waals surface area (Å²) in [6.07, 6.45) is 6.09. The molecular weight excluding hydrogens is 577 g/mol. The lowest BCUT2D eigenvalue weighted by atomic mass is 9.76. The Kier molecular flexibility index (Phi) is 7.66. The number of methoxy groups -OCH3 is 1. The van der Waals surface area contributed by atoms with Crippen LogP contribution in [-0.2, 0) is 14.6 Å². The predicted octanol–water partition coefficient (Wildman–Crippen LogP) is 4.70. The molecule has 1 saturated heterocycles. The largest absolute Gasteiger partial charge is 0.495 e. The number of carbonyl (C=O) groups excluding carboxylic acids is 1. The van der Waals surface area contributed by atoms with Gasteiger partial charge in [-0.1, -0.05) is 25.0 Å². The number of nitriles is 1. The standard InChI is InChI=1S/C30H32FN5O4S2/c1-40-21-16-24(31)26(33-17-21)29-34-25(22-4-2-3-5-23(22)28(37)35-30(18-32)10-11-30)27(41-29)19-6-8-20(9-7-19)36-12-14-42(38,39)15-13-36/h6-9,16-17,22-23H,2-5,10-15H2,1H3,(H,35,37). The fourth-order valence-electron chi connectivity index (χ4n) is 5.87. The molecule has 0 spiro atoms. The van der Waals surface area contributed by atoms with Crippen molar-refractivity contribution >= 4 is 32.8 Å². The van der Waals surface area contributed by atoms with E-state index in [0.717, 1.165) is 41.1 Å². The van der Waals surface area contributed by atoms with Crippen LogP contribution < -0.4 is 15.0 Å². The quantitative estimate of drug-likeness (QED) is 0.409. The van der Waals surface area contributed by atoms with Crippen LogP contribution in [0, 0.1) is 23.1 Å². The van der Waals surface area contributed by atoms with Gasteiger partial charge in [-0.3, -0.25) is 4.79 Å². The van der Waals surface area contributed by atoms with Gasteiger partial charge in [0.05, 0.1) is 41.5 Å². The molecule has 220 valence electrons. The first-order valence-corrected chi connectivity index (χ1v) is 16.8. The van der Waals surface area contributed by atoms with Crippen LogP contribution in [-0.4, -0.2) is 61.5 Å². The Hall–Kier alpha value is -3.56. The summed E-state index contributed by atoms with van der Waals surface area (Å²) in [5.41, 5.74) is 1.93. The zero-order valence-electron chi connectivity index (χ0n) is 23.3. The molecule has 2 aliphatic carbocycles. The summed E-state index contributed by atoms with van der Waals surface area (Å²) >= 11 is 1.34. The van der Waals surface area contributed by atoms with Crippen LogP contribution in [0.1, 0.15) is 50.1 Å². The average Bonchev–Trinajstić information content (AvgIpc) is 3.64. The summed E-state index contributed by atoms with van der Waals surface area (Å²) in [7, 11) is -1.54. The van der Waals surface area contributed by atoms with E-state index in [1.807, 2.05) is 24.3 Å². The number of nitrogens with zero attached hydrogens (tertiary/aromatic N) is 4. The molecule has 2 aromatic heterocycles. The van der Waals surface area contributed by atoms with Gasteiger partial charge in [0.25, 0.3) is 0 Å². The van der Waals surface area contributed by atoms with Gasteiger partial charge in [-0.15, -0.1) is 11.3 Å². The summed E-state index contributed by atoms with van der Waals surface area (Å²) in [4.78, 5) is 25.6. The molecule has 2 unspecified atom stereocenters. The van der Waals surface area contributed by atoms with E-state index < -0.39 is 21.2 Å². The van der Waals surface area contributed by atoms with Crippen LogP contribution in [0.25, 0.3) is 21.1 Å². The van der Waals surface area contributed by atoms with Crippen molar-refractivity contribution < 1.29 is 22.3 Å². The Morgan fingerprint density at radius 2 is 1.90 bits per heavy atom. The normalized spacial score (nSPS) is 22.6. The van der Waals surface area contributed by atoms with Gasteiger partial charge in [0.15, 0.2) is 15.7 Å². The number of sulfone groups is 1. The summed E-state index contributed by atoms with van der Waals surface area (Å²) < 4.78 is 44.0. The van der Waals surface area contributed by atoms with E-state index in [0.29, 0.717) is 43.1 Å². The number of nitrogens with one attached hydrogen (secondary N) is 1. The maximum Gasteiger partial charge on any atom is 0.225 e. The molecule has 2 atom stereocenters. The fourth-order valence-corrected chi connectivity index (χ4v) is 8.21. The summed E-state index contributed by atoms with van der Waals surface area (Å²) in [5, 5.41) is 13.0. The number of hydrogen-bond donors (Lipinski definition) is 1. The molecule has 1 aromatic carbocycles. The number of hydrogen-bond acceptors (Lipinski definition) is 9. The summed E-state index contributed by atoms with van der Waals surface area (Å²) in [6.45, 7) is 0.895. The number of aromatic nitrogens is 2. The van der Waals surface area contributed by atoms with Crippen molar-refractivity contribution in [3.05, 3.63) is 48.0 Å². The number of anilines is 1. The average molecular weight is 610 g/mol. The van der Waals surface area contributed by atoms with E-state index in [1.54, 1.807) is 0 Å². The summed E-state index contributed by atoms with van der Waals surface area (Å²) in [5.74, 6) is -0.624. The number of halogens is 1. The Morgan fingerprint density at radius 3 is 2.55 bits per heavy atom. The van der Waals surface area contributed by atoms with Gasteiger partial charge in [-0.25, -0.2) is 22.8 Å². The topological polar surface area (TPSA) is 125 Å². The third-order valence-electron chi connectivity index (χ3n) is 8.53. The van der Waals surface area contributed by atoms with E-state index in [1.165, 1.54) is 30.7 Å². The monoisotopic (exact) mass is 609 g/mol. The van der Waals surface area contributed by atoms with Crippen LogP contribution in [0.5, 0.6) is 5.75 Å². The first-order valence-electron chi connectivity index (χ1n) is 14.2. The molecule has 1 aliphatic heterocycles. The molecule has 0 radical (unpaired) electrons. The van der Waals surface area contributed by atoms with Crippen LogP contribution in [0.4, 0.5) is 10.1 Å². The Labute approximate surface area is 248 Å². The minimum Gasteiger partial charge on any atom is -0.495 e. The second-order valence-electron chi connectivity index (χ2n) is 11.3. The third-order valence-corrected chi connectivity index (χ3v) is 11.3. The fraction of sp³-hybridized carbons (Fsp3) is 0.467. The predicted molar refractivity (Wildman–Crippen MR) is 159 cm³/mol. The molecule has 9 nitrogen and oxygen atoms in total. The molecule has 3 fully saturated rings. The maximum absolute atomic E-state index is 15.1. The van der Waals surface area contributed by atoms with Gasteiger partial charge in [-0.2, -0.15) is 5.26 Å². The van der Waals surface area contributed by atoms with Gasteiger partial charge in [0, 0.05) is 36.7 Å². The molecule has 1 N–H and O–H groups in total. The number of pyridine rings is 1. The van der Waals surface area contributed by atoms with Gasteiger partial charge >= 0.3 is 0 Å². The minimum absolute atomic E-state index is 0.122. The van der Waals surface area contributed by atoms with Gasteiger partial charge in [-0.05, 0) is 43.4 Å². The van der Waals surface area contributed by atoms with E-state index in [4.69, 9.17) is 9.72 Å². The molecule has 1 amide bonds. The Balaban J connectivity index is 1.37. The number of benzene rings is 1. The van der Waals surface area contributed by atoms with Crippen LogP contribution in [0.2, 0.25) is 0 Å². The van der Waals surface area contributed by atoms with Crippen molar-refractivity contribution in [1.82, 2.24) is 15.3 Å². The van der Waals surface area contributed by atoms with Crippen molar-refractivity contribution in [2.24, 2.45) is 5.92 Å². The highest BCUT2D eigenvalue weighted by atomic mass is 32.2. The molecule has 2 saturated carbocycles. The number of rotatable bonds is 7. The molecule has 6 rings (SSSR count). The van der Waals surface area contributed by atoms with E-state index in [-0.39, 0.29) is 34.9 Å². The molecule has 0 bridgehead atoms. The van der Waals surface area contributed by atoms with Crippen LogP contribution in [0.15, 0.2) is 36.5 Å². The number of amides is 1. The smallest absolute Gasteiger partial charge is 0.225 e. The van der Waals surface area contributed by atoms with E-state index >= 15 is 4.39 Å². The highest BCUT2D eigenvalue weighted by Gasteiger charge is 2.47. The van der Waals surface area contributed by atoms with E-state index in [9.17, 15) is 18.5 Å². The maximum atomic E-state index is 15.1. The highest BCUT2D eigenvalue weighted by Crippen LogP contribution is 2.47. The second kappa shape index (κ2) is 11.3. The lowest BCUT2D eigenvalue weighted by Crippen LogP contribution is -2.42. The van der Waals surface area contributed by atoms with Gasteiger partial charge < -0.3 is 15.0 Å². The lowest BCUT2D eigenvalue weighted by Gasteiger charge is -2.31. The summed E-state index contributed by atoms with van der Waals surface area (Å²) in [6, 6.07) is 11.4. The van der Waals surface area contributed by atoms with Gasteiger partial charge in [0.1, 0.15) is 22.0 Å². The first kappa shape index (κ1) is 28.6. The molecule has 3 aromatic rings. The molecule has 12 heteroatoms. The third kappa shape index (κ3) is 5.72. The zero-order chi connectivity index (χ0) is 29.5. The lowest BCUT2D eigenvalue weighted by molar-refractivity contribution is -0.127. The molecular formula is C30H32FN5O4S2. The van der Waals surface area contributed by atoms with Crippen molar-refractivity contribution in [3.8, 4) is 33.0 Å². The first-order chi connectivity index (χ1) is 20.2. The van der Waals surface area contributed by atoms with E-state index in [2.05, 4.69) is 21.3 Å². The zero-order valence-corrected chi connectivity index (χ0v) is 24.9. The highest BCUT2D eigenvalue weighted by molar-refractivity contribution is 7.91. The van der Waals surface area contributed by atoms with Gasteiger partial charge in [0.2, 0.25) is 5.91 Å². The molecule has 42 heavy (non-hydrogen) atoms. The van der Waals surface area contributed by atoms with Crippen LogP contribution >= 0.6 is 11.3 Å². The Morgan fingerprint density at radius 1 is 1.19 bits per heavy atom. The molecule has 3 heterocycles. The van der Waals surface area contributed by atoms with Crippen molar-refractivity contribution in [3.63, 3.8) is 0 Å². The van der Waals surface area contributed by atoms with Crippen molar-refractivity contribution in [1.29, 1.82) is 5.26 Å².